The van der Waals surface area contributed by atoms with Gasteiger partial charge in [0.25, 0.3) is 0 Å². The molecule has 1 aliphatic rings. The zero-order chi connectivity index (χ0) is 13.0. The lowest BCUT2D eigenvalue weighted by Gasteiger charge is -2.32. The molecular formula is C14H27NO2. The molecule has 2 N–H and O–H groups in total. The van der Waals surface area contributed by atoms with Crippen molar-refractivity contribution in [3.05, 3.63) is 0 Å². The van der Waals surface area contributed by atoms with E-state index in [1.165, 1.54) is 6.42 Å². The van der Waals surface area contributed by atoms with Crippen LogP contribution in [-0.2, 0) is 4.79 Å². The summed E-state index contributed by atoms with van der Waals surface area (Å²) < 4.78 is 0. The van der Waals surface area contributed by atoms with Crippen LogP contribution < -0.4 is 5.32 Å². The highest BCUT2D eigenvalue weighted by Gasteiger charge is 2.29. The molecule has 1 fully saturated rings. The third-order valence-corrected chi connectivity index (χ3v) is 4.06. The van der Waals surface area contributed by atoms with Gasteiger partial charge in [-0.05, 0) is 43.9 Å². The first-order valence-corrected chi connectivity index (χ1v) is 6.85. The molecule has 0 spiro atoms. The summed E-state index contributed by atoms with van der Waals surface area (Å²) in [7, 11) is 0. The maximum atomic E-state index is 12.1. The summed E-state index contributed by atoms with van der Waals surface area (Å²) in [5.41, 5.74) is 0. The van der Waals surface area contributed by atoms with Gasteiger partial charge in [0.15, 0.2) is 0 Å². The molecule has 0 aliphatic heterocycles. The summed E-state index contributed by atoms with van der Waals surface area (Å²) >= 11 is 0. The predicted molar refractivity (Wildman–Crippen MR) is 69.5 cm³/mol. The molecule has 4 atom stereocenters. The van der Waals surface area contributed by atoms with Gasteiger partial charge in [0, 0.05) is 18.6 Å². The van der Waals surface area contributed by atoms with Gasteiger partial charge in [0.05, 0.1) is 0 Å². The molecule has 17 heavy (non-hydrogen) atoms. The van der Waals surface area contributed by atoms with Crippen LogP contribution in [0.3, 0.4) is 0 Å². The molecule has 0 heterocycles. The quantitative estimate of drug-likeness (QED) is 0.792. The van der Waals surface area contributed by atoms with E-state index >= 15 is 0 Å². The van der Waals surface area contributed by atoms with Crippen molar-refractivity contribution in [2.45, 2.75) is 53.0 Å². The molecule has 0 aromatic heterocycles. The predicted octanol–water partition coefficient (Wildman–Crippen LogP) is 2.19. The van der Waals surface area contributed by atoms with Crippen LogP contribution in [0.2, 0.25) is 0 Å². The molecule has 1 amide bonds. The van der Waals surface area contributed by atoms with Crippen molar-refractivity contribution in [3.63, 3.8) is 0 Å². The zero-order valence-corrected chi connectivity index (χ0v) is 11.6. The summed E-state index contributed by atoms with van der Waals surface area (Å²) in [4.78, 5) is 12.1. The van der Waals surface area contributed by atoms with Crippen LogP contribution in [-0.4, -0.2) is 23.7 Å². The van der Waals surface area contributed by atoms with Crippen LogP contribution >= 0.6 is 0 Å². The maximum absolute atomic E-state index is 12.1. The van der Waals surface area contributed by atoms with Crippen LogP contribution in [0.5, 0.6) is 0 Å². The standard InChI is InChI=1S/C14H27NO2/c1-9-5-10(2)7-13(6-9)14(17)15-12(4)11(3)8-16/h9-13,16H,5-8H2,1-4H3,(H,15,17). The van der Waals surface area contributed by atoms with Gasteiger partial charge in [-0.3, -0.25) is 4.79 Å². The number of aliphatic hydroxyl groups is 1. The van der Waals surface area contributed by atoms with Crippen molar-refractivity contribution in [1.29, 1.82) is 0 Å². The number of rotatable bonds is 4. The number of nitrogens with one attached hydrogen (secondary N) is 1. The molecule has 0 aromatic rings. The third kappa shape index (κ3) is 4.30. The van der Waals surface area contributed by atoms with E-state index in [9.17, 15) is 4.79 Å². The first-order valence-electron chi connectivity index (χ1n) is 6.85. The fourth-order valence-corrected chi connectivity index (χ4v) is 2.80. The molecule has 4 unspecified atom stereocenters. The smallest absolute Gasteiger partial charge is 0.223 e. The molecule has 100 valence electrons. The number of amides is 1. The molecule has 0 aromatic carbocycles. The second-order valence-electron chi connectivity index (χ2n) is 6.07. The summed E-state index contributed by atoms with van der Waals surface area (Å²) in [5, 5.41) is 12.1. The Hall–Kier alpha value is -0.570. The van der Waals surface area contributed by atoms with Gasteiger partial charge in [0.2, 0.25) is 5.91 Å². The Morgan fingerprint density at radius 1 is 1.24 bits per heavy atom. The largest absolute Gasteiger partial charge is 0.396 e. The summed E-state index contributed by atoms with van der Waals surface area (Å²) in [6.07, 6.45) is 3.26. The van der Waals surface area contributed by atoms with E-state index in [1.807, 2.05) is 13.8 Å². The normalized spacial score (nSPS) is 32.9. The van der Waals surface area contributed by atoms with Crippen molar-refractivity contribution in [2.24, 2.45) is 23.7 Å². The molecule has 0 radical (unpaired) electrons. The summed E-state index contributed by atoms with van der Waals surface area (Å²) in [5.74, 6) is 1.77. The number of aliphatic hydroxyl groups excluding tert-OH is 1. The van der Waals surface area contributed by atoms with E-state index in [0.717, 1.165) is 12.8 Å². The van der Waals surface area contributed by atoms with Gasteiger partial charge < -0.3 is 10.4 Å². The van der Waals surface area contributed by atoms with Crippen LogP contribution in [0, 0.1) is 23.7 Å². The Bertz CT molecular complexity index is 245. The Morgan fingerprint density at radius 3 is 2.24 bits per heavy atom. The Morgan fingerprint density at radius 2 is 1.76 bits per heavy atom. The van der Waals surface area contributed by atoms with Gasteiger partial charge in [0.1, 0.15) is 0 Å². The molecule has 3 heteroatoms. The maximum Gasteiger partial charge on any atom is 0.223 e. The first-order chi connectivity index (χ1) is 7.93. The van der Waals surface area contributed by atoms with Gasteiger partial charge in [-0.2, -0.15) is 0 Å². The van der Waals surface area contributed by atoms with Gasteiger partial charge in [-0.25, -0.2) is 0 Å². The second-order valence-corrected chi connectivity index (χ2v) is 6.07. The lowest BCUT2D eigenvalue weighted by Crippen LogP contribution is -2.43. The minimum Gasteiger partial charge on any atom is -0.396 e. The molecular weight excluding hydrogens is 214 g/mol. The molecule has 0 saturated heterocycles. The topological polar surface area (TPSA) is 49.3 Å². The van der Waals surface area contributed by atoms with E-state index < -0.39 is 0 Å². The van der Waals surface area contributed by atoms with Crippen molar-refractivity contribution in [1.82, 2.24) is 5.32 Å². The average Bonchev–Trinajstić information content (AvgIpc) is 2.26. The molecule has 0 bridgehead atoms. The minimum absolute atomic E-state index is 0.0556. The highest BCUT2D eigenvalue weighted by molar-refractivity contribution is 5.79. The lowest BCUT2D eigenvalue weighted by atomic mass is 9.76. The Balaban J connectivity index is 2.46. The molecule has 1 saturated carbocycles. The van der Waals surface area contributed by atoms with E-state index in [1.54, 1.807) is 0 Å². The van der Waals surface area contributed by atoms with E-state index in [0.29, 0.717) is 11.8 Å². The van der Waals surface area contributed by atoms with Crippen molar-refractivity contribution >= 4 is 5.91 Å². The molecule has 3 nitrogen and oxygen atoms in total. The van der Waals surface area contributed by atoms with Crippen molar-refractivity contribution in [3.8, 4) is 0 Å². The van der Waals surface area contributed by atoms with Gasteiger partial charge in [-0.15, -0.1) is 0 Å². The molecule has 1 rings (SSSR count). The highest BCUT2D eigenvalue weighted by atomic mass is 16.3. The number of hydrogen-bond donors (Lipinski definition) is 2. The first kappa shape index (κ1) is 14.5. The molecule has 1 aliphatic carbocycles. The SMILES string of the molecule is CC1CC(C)CC(C(=O)NC(C)C(C)CO)C1. The van der Waals surface area contributed by atoms with Crippen molar-refractivity contribution < 1.29 is 9.90 Å². The van der Waals surface area contributed by atoms with E-state index in [4.69, 9.17) is 5.11 Å². The van der Waals surface area contributed by atoms with E-state index in [2.05, 4.69) is 19.2 Å². The average molecular weight is 241 g/mol. The zero-order valence-electron chi connectivity index (χ0n) is 11.6. The van der Waals surface area contributed by atoms with Crippen LogP contribution in [0.1, 0.15) is 47.0 Å². The number of carbonyl (C=O) groups is 1. The summed E-state index contributed by atoms with van der Waals surface area (Å²) in [6.45, 7) is 8.51. The fraction of sp³-hybridized carbons (Fsp3) is 0.929. The van der Waals surface area contributed by atoms with Crippen LogP contribution in [0.15, 0.2) is 0 Å². The fourth-order valence-electron chi connectivity index (χ4n) is 2.80. The third-order valence-electron chi connectivity index (χ3n) is 4.06. The lowest BCUT2D eigenvalue weighted by molar-refractivity contribution is -0.128. The Labute approximate surface area is 105 Å². The van der Waals surface area contributed by atoms with Crippen LogP contribution in [0.25, 0.3) is 0 Å². The van der Waals surface area contributed by atoms with Crippen molar-refractivity contribution in [2.75, 3.05) is 6.61 Å². The minimum atomic E-state index is 0.0556. The highest BCUT2D eigenvalue weighted by Crippen LogP contribution is 2.32. The van der Waals surface area contributed by atoms with Gasteiger partial charge in [-0.1, -0.05) is 20.8 Å². The number of carbonyl (C=O) groups excluding carboxylic acids is 1. The van der Waals surface area contributed by atoms with Crippen LogP contribution in [0.4, 0.5) is 0 Å². The second kappa shape index (κ2) is 6.39. The van der Waals surface area contributed by atoms with E-state index in [-0.39, 0.29) is 30.4 Å². The summed E-state index contributed by atoms with van der Waals surface area (Å²) in [6, 6.07) is 0.0556. The van der Waals surface area contributed by atoms with Gasteiger partial charge >= 0.3 is 0 Å². The Kier molecular flexibility index (Phi) is 5.44. The monoisotopic (exact) mass is 241 g/mol. The number of hydrogen-bond acceptors (Lipinski definition) is 2.